The van der Waals surface area contributed by atoms with E-state index in [1.54, 1.807) is 29.2 Å². The molecule has 1 saturated heterocycles. The van der Waals surface area contributed by atoms with Gasteiger partial charge in [-0.15, -0.1) is 0 Å². The Kier molecular flexibility index (Phi) is 7.59. The minimum atomic E-state index is -0.541. The molecule has 1 unspecified atom stereocenters. The van der Waals surface area contributed by atoms with E-state index in [9.17, 15) is 9.18 Å². The summed E-state index contributed by atoms with van der Waals surface area (Å²) in [6, 6.07) is 7.02. The van der Waals surface area contributed by atoms with Gasteiger partial charge in [0.05, 0.1) is 6.20 Å². The minimum Gasteiger partial charge on any atom is -0.363 e. The Balaban J connectivity index is 1.63. The second-order valence-corrected chi connectivity index (χ2v) is 7.89. The number of nitrogens with zero attached hydrogens (tertiary/aromatic N) is 4. The second kappa shape index (κ2) is 10.4. The Morgan fingerprint density at radius 1 is 1.43 bits per heavy atom. The fourth-order valence-corrected chi connectivity index (χ4v) is 3.37. The van der Waals surface area contributed by atoms with Gasteiger partial charge in [-0.2, -0.15) is 4.98 Å². The molecule has 3 rings (SSSR count). The zero-order valence-corrected chi connectivity index (χ0v) is 17.9. The Hall–Kier alpha value is -2.71. The van der Waals surface area contributed by atoms with Crippen molar-refractivity contribution in [3.05, 3.63) is 53.5 Å². The maximum Gasteiger partial charge on any atom is 0.246 e. The van der Waals surface area contributed by atoms with Gasteiger partial charge < -0.3 is 20.4 Å². The summed E-state index contributed by atoms with van der Waals surface area (Å²) >= 11 is 5.99. The first-order valence-electron chi connectivity index (χ1n) is 9.82. The summed E-state index contributed by atoms with van der Waals surface area (Å²) in [5.74, 6) is -0.204. The molecule has 1 fully saturated rings. The first-order valence-corrected chi connectivity index (χ1v) is 10.2. The van der Waals surface area contributed by atoms with Crippen LogP contribution in [-0.4, -0.2) is 65.4 Å². The first-order chi connectivity index (χ1) is 14.4. The third-order valence-electron chi connectivity index (χ3n) is 4.63. The number of benzene rings is 1. The number of aromatic nitrogens is 2. The molecule has 0 aliphatic carbocycles. The molecule has 2 heterocycles. The summed E-state index contributed by atoms with van der Waals surface area (Å²) < 4.78 is 14.3. The van der Waals surface area contributed by atoms with Gasteiger partial charge in [0.15, 0.2) is 11.6 Å². The van der Waals surface area contributed by atoms with Crippen LogP contribution in [-0.2, 0) is 4.79 Å². The van der Waals surface area contributed by atoms with Gasteiger partial charge in [-0.05, 0) is 45.1 Å². The summed E-state index contributed by atoms with van der Waals surface area (Å²) in [5.41, 5.74) is 0.707. The highest BCUT2D eigenvalue weighted by Gasteiger charge is 2.23. The number of carbonyl (C=O) groups is 1. The van der Waals surface area contributed by atoms with E-state index in [0.717, 1.165) is 19.0 Å². The molecule has 2 N–H and O–H groups in total. The number of anilines is 3. The van der Waals surface area contributed by atoms with E-state index in [2.05, 4.69) is 20.6 Å². The topological polar surface area (TPSA) is 73.4 Å². The van der Waals surface area contributed by atoms with E-state index in [4.69, 9.17) is 11.6 Å². The van der Waals surface area contributed by atoms with Gasteiger partial charge in [-0.3, -0.25) is 4.79 Å². The zero-order chi connectivity index (χ0) is 21.5. The van der Waals surface area contributed by atoms with Crippen LogP contribution >= 0.6 is 11.6 Å². The van der Waals surface area contributed by atoms with Crippen molar-refractivity contribution >= 4 is 35.0 Å². The van der Waals surface area contributed by atoms with Crippen LogP contribution in [0.25, 0.3) is 0 Å². The molecule has 30 heavy (non-hydrogen) atoms. The molecule has 0 radical (unpaired) electrons. The Labute approximate surface area is 180 Å². The van der Waals surface area contributed by atoms with E-state index < -0.39 is 5.82 Å². The molecule has 1 aromatic heterocycles. The lowest BCUT2D eigenvalue weighted by atomic mass is 10.1. The quantitative estimate of drug-likeness (QED) is 0.652. The average molecular weight is 433 g/mol. The van der Waals surface area contributed by atoms with Crippen molar-refractivity contribution in [3.8, 4) is 0 Å². The number of hydrogen-bond acceptors (Lipinski definition) is 6. The standard InChI is InChI=1S/C21H26ClFN6O/c1-28(2)10-5-9-19(30)29-11-4-8-17(14-29)25-20-18(23)13-24-21(27-20)26-16-7-3-6-15(22)12-16/h3,5-7,9,12-13,17H,4,8,10-11,14H2,1-2H3,(H2,24,25,26,27). The number of nitrogens with one attached hydrogen (secondary N) is 2. The van der Waals surface area contributed by atoms with Gasteiger partial charge >= 0.3 is 0 Å². The van der Waals surface area contributed by atoms with Crippen LogP contribution in [0.5, 0.6) is 0 Å². The predicted molar refractivity (Wildman–Crippen MR) is 118 cm³/mol. The van der Waals surface area contributed by atoms with Gasteiger partial charge in [0.2, 0.25) is 11.9 Å². The molecule has 0 spiro atoms. The predicted octanol–water partition coefficient (Wildman–Crippen LogP) is 3.53. The third kappa shape index (κ3) is 6.40. The van der Waals surface area contributed by atoms with Crippen LogP contribution in [0.3, 0.4) is 0 Å². The second-order valence-electron chi connectivity index (χ2n) is 7.46. The van der Waals surface area contributed by atoms with Crippen LogP contribution in [0.1, 0.15) is 12.8 Å². The lowest BCUT2D eigenvalue weighted by Crippen LogP contribution is -2.44. The third-order valence-corrected chi connectivity index (χ3v) is 4.86. The highest BCUT2D eigenvalue weighted by Crippen LogP contribution is 2.21. The van der Waals surface area contributed by atoms with Crippen LogP contribution in [0.15, 0.2) is 42.6 Å². The number of halogens is 2. The van der Waals surface area contributed by atoms with Crippen molar-refractivity contribution in [2.45, 2.75) is 18.9 Å². The summed E-state index contributed by atoms with van der Waals surface area (Å²) in [4.78, 5) is 24.4. The van der Waals surface area contributed by atoms with Crippen molar-refractivity contribution < 1.29 is 9.18 Å². The molecule has 160 valence electrons. The molecule has 7 nitrogen and oxygen atoms in total. The van der Waals surface area contributed by atoms with Crippen molar-refractivity contribution in [1.29, 1.82) is 0 Å². The van der Waals surface area contributed by atoms with Gasteiger partial charge in [0.1, 0.15) is 0 Å². The number of carbonyl (C=O) groups excluding carboxylic acids is 1. The van der Waals surface area contributed by atoms with E-state index >= 15 is 0 Å². The van der Waals surface area contributed by atoms with E-state index in [0.29, 0.717) is 30.3 Å². The first kappa shape index (κ1) is 22.0. The highest BCUT2D eigenvalue weighted by molar-refractivity contribution is 6.30. The van der Waals surface area contributed by atoms with Gasteiger partial charge in [0.25, 0.3) is 0 Å². The van der Waals surface area contributed by atoms with E-state index in [1.165, 1.54) is 0 Å². The molecular formula is C21H26ClFN6O. The van der Waals surface area contributed by atoms with Crippen LogP contribution in [0, 0.1) is 5.82 Å². The molecule has 0 saturated carbocycles. The largest absolute Gasteiger partial charge is 0.363 e. The van der Waals surface area contributed by atoms with Crippen LogP contribution in [0.2, 0.25) is 5.02 Å². The number of rotatable bonds is 7. The number of likely N-dealkylation sites (N-methyl/N-ethyl adjacent to an activating group) is 1. The average Bonchev–Trinajstić information content (AvgIpc) is 2.70. The van der Waals surface area contributed by atoms with Gasteiger partial charge in [0, 0.05) is 42.5 Å². The van der Waals surface area contributed by atoms with Crippen molar-refractivity contribution in [2.24, 2.45) is 0 Å². The highest BCUT2D eigenvalue weighted by atomic mass is 35.5. The number of piperidine rings is 1. The Morgan fingerprint density at radius 3 is 3.03 bits per heavy atom. The summed E-state index contributed by atoms with van der Waals surface area (Å²) in [6.45, 7) is 1.89. The van der Waals surface area contributed by atoms with Crippen molar-refractivity contribution in [1.82, 2.24) is 19.8 Å². The number of hydrogen-bond donors (Lipinski definition) is 2. The Morgan fingerprint density at radius 2 is 2.27 bits per heavy atom. The van der Waals surface area contributed by atoms with Gasteiger partial charge in [-0.1, -0.05) is 23.7 Å². The summed E-state index contributed by atoms with van der Waals surface area (Å²) in [6.07, 6.45) is 6.23. The molecular weight excluding hydrogens is 407 g/mol. The van der Waals surface area contributed by atoms with Crippen molar-refractivity contribution in [2.75, 3.05) is 44.4 Å². The molecule has 9 heteroatoms. The lowest BCUT2D eigenvalue weighted by molar-refractivity contribution is -0.127. The molecule has 2 aromatic rings. The normalized spacial score (nSPS) is 16.8. The van der Waals surface area contributed by atoms with Crippen LogP contribution in [0.4, 0.5) is 21.8 Å². The molecule has 1 atom stereocenters. The van der Waals surface area contributed by atoms with E-state index in [1.807, 2.05) is 31.1 Å². The van der Waals surface area contributed by atoms with E-state index in [-0.39, 0.29) is 23.7 Å². The fourth-order valence-electron chi connectivity index (χ4n) is 3.18. The number of likely N-dealkylation sites (tertiary alicyclic amines) is 1. The van der Waals surface area contributed by atoms with Crippen molar-refractivity contribution in [3.63, 3.8) is 0 Å². The lowest BCUT2D eigenvalue weighted by Gasteiger charge is -2.33. The minimum absolute atomic E-state index is 0.0326. The van der Waals surface area contributed by atoms with Gasteiger partial charge in [-0.25, -0.2) is 9.37 Å². The maximum atomic E-state index is 14.3. The Bertz CT molecular complexity index is 907. The SMILES string of the molecule is CN(C)CC=CC(=O)N1CCCC(Nc2nc(Nc3cccc(Cl)c3)ncc2F)C1. The smallest absolute Gasteiger partial charge is 0.246 e. The molecule has 1 amide bonds. The van der Waals surface area contributed by atoms with Crippen LogP contribution < -0.4 is 10.6 Å². The zero-order valence-electron chi connectivity index (χ0n) is 17.1. The fraction of sp³-hybridized carbons (Fsp3) is 0.381. The maximum absolute atomic E-state index is 14.3. The molecule has 1 aliphatic rings. The molecule has 1 aliphatic heterocycles. The monoisotopic (exact) mass is 432 g/mol. The summed E-state index contributed by atoms with van der Waals surface area (Å²) in [5, 5.41) is 6.72. The molecule has 1 aromatic carbocycles. The number of amides is 1. The summed E-state index contributed by atoms with van der Waals surface area (Å²) in [7, 11) is 3.89. The molecule has 0 bridgehead atoms.